The molecule has 3 aromatic rings. The Morgan fingerprint density at radius 1 is 1.21 bits per heavy atom. The number of fused-ring (bicyclic) bond motifs is 1. The van der Waals surface area contributed by atoms with E-state index in [1.165, 1.54) is 12.1 Å². The largest absolute Gasteiger partial charge is 0.436 e. The molecule has 0 saturated carbocycles. The molecule has 2 aromatic carbocycles. The van der Waals surface area contributed by atoms with Crippen LogP contribution in [-0.2, 0) is 0 Å². The molecule has 0 saturated heterocycles. The van der Waals surface area contributed by atoms with Gasteiger partial charge in [-0.05, 0) is 30.7 Å². The van der Waals surface area contributed by atoms with E-state index in [0.29, 0.717) is 11.5 Å². The van der Waals surface area contributed by atoms with Crippen molar-refractivity contribution in [2.45, 2.75) is 6.92 Å². The van der Waals surface area contributed by atoms with Crippen molar-refractivity contribution in [2.24, 2.45) is 0 Å². The molecule has 94 valence electrons. The molecule has 0 unspecified atom stereocenters. The van der Waals surface area contributed by atoms with E-state index in [4.69, 9.17) is 4.42 Å². The van der Waals surface area contributed by atoms with Gasteiger partial charge in [0, 0.05) is 17.7 Å². The third-order valence-electron chi connectivity index (χ3n) is 2.95. The van der Waals surface area contributed by atoms with Gasteiger partial charge >= 0.3 is 0 Å². The maximum Gasteiger partial charge on any atom is 0.269 e. The van der Waals surface area contributed by atoms with Crippen LogP contribution in [0.4, 0.5) is 5.69 Å². The molecule has 0 amide bonds. The van der Waals surface area contributed by atoms with Crippen molar-refractivity contribution < 1.29 is 9.34 Å². The molecule has 0 aliphatic carbocycles. The van der Waals surface area contributed by atoms with E-state index in [9.17, 15) is 10.1 Å². The van der Waals surface area contributed by atoms with Crippen molar-refractivity contribution in [3.63, 3.8) is 0 Å². The summed E-state index contributed by atoms with van der Waals surface area (Å²) in [5.74, 6) is 0.480. The zero-order valence-corrected chi connectivity index (χ0v) is 10.2. The fraction of sp³-hybridized carbons (Fsp3) is 0.0714. The van der Waals surface area contributed by atoms with Gasteiger partial charge in [-0.15, -0.1) is 0 Å². The number of rotatable bonds is 2. The van der Waals surface area contributed by atoms with Gasteiger partial charge in [-0.25, -0.2) is 4.98 Å². The summed E-state index contributed by atoms with van der Waals surface area (Å²) in [6.45, 7) is 1.80. The van der Waals surface area contributed by atoms with Gasteiger partial charge < -0.3 is 4.42 Å². The van der Waals surface area contributed by atoms with Crippen LogP contribution in [0, 0.1) is 17.0 Å². The van der Waals surface area contributed by atoms with Gasteiger partial charge in [0.05, 0.1) is 4.92 Å². The summed E-state index contributed by atoms with van der Waals surface area (Å²) in [7, 11) is 0. The predicted molar refractivity (Wildman–Crippen MR) is 70.8 cm³/mol. The second-order valence-corrected chi connectivity index (χ2v) is 4.24. The summed E-state index contributed by atoms with van der Waals surface area (Å²) in [5, 5.41) is 10.7. The predicted octanol–water partition coefficient (Wildman–Crippen LogP) is 3.71. The first-order chi connectivity index (χ1) is 9.15. The number of para-hydroxylation sites is 2. The Balaban J connectivity index is 2.13. The molecule has 1 heterocycles. The molecule has 0 fully saturated rings. The summed E-state index contributed by atoms with van der Waals surface area (Å²) in [4.78, 5) is 14.7. The first-order valence-corrected chi connectivity index (χ1v) is 5.76. The van der Waals surface area contributed by atoms with Crippen LogP contribution in [0.5, 0.6) is 0 Å². The number of benzene rings is 2. The highest BCUT2D eigenvalue weighted by Gasteiger charge is 2.13. The van der Waals surface area contributed by atoms with Crippen molar-refractivity contribution >= 4 is 16.8 Å². The van der Waals surface area contributed by atoms with E-state index >= 15 is 0 Å². The lowest BCUT2D eigenvalue weighted by molar-refractivity contribution is -0.384. The molecule has 5 nitrogen and oxygen atoms in total. The van der Waals surface area contributed by atoms with E-state index in [1.807, 2.05) is 24.3 Å². The zero-order chi connectivity index (χ0) is 13.4. The van der Waals surface area contributed by atoms with Crippen LogP contribution in [-0.4, -0.2) is 9.91 Å². The zero-order valence-electron chi connectivity index (χ0n) is 10.2. The molecule has 0 spiro atoms. The van der Waals surface area contributed by atoms with E-state index in [2.05, 4.69) is 4.98 Å². The summed E-state index contributed by atoms with van der Waals surface area (Å²) >= 11 is 0. The summed E-state index contributed by atoms with van der Waals surface area (Å²) < 4.78 is 5.65. The Labute approximate surface area is 108 Å². The lowest BCUT2D eigenvalue weighted by Crippen LogP contribution is -1.90. The molecular formula is C14H10N2O3. The van der Waals surface area contributed by atoms with E-state index in [1.54, 1.807) is 13.0 Å². The van der Waals surface area contributed by atoms with Crippen LogP contribution in [0.2, 0.25) is 0 Å². The minimum Gasteiger partial charge on any atom is -0.436 e. The number of nitrogens with zero attached hydrogens (tertiary/aromatic N) is 2. The standard InChI is InChI=1S/C14H10N2O3/c1-9-8-10(16(17)18)6-7-11(9)14-15-12-4-2-3-5-13(12)19-14/h2-8H,1H3. The fourth-order valence-corrected chi connectivity index (χ4v) is 1.99. The average molecular weight is 254 g/mol. The quantitative estimate of drug-likeness (QED) is 0.516. The maximum atomic E-state index is 10.7. The number of non-ortho nitro benzene ring substituents is 1. The molecule has 0 radical (unpaired) electrons. The molecule has 0 N–H and O–H groups in total. The normalized spacial score (nSPS) is 10.8. The van der Waals surface area contributed by atoms with Crippen molar-refractivity contribution in [1.82, 2.24) is 4.98 Å². The van der Waals surface area contributed by atoms with Crippen LogP contribution in [0.15, 0.2) is 46.9 Å². The minimum atomic E-state index is -0.414. The van der Waals surface area contributed by atoms with Gasteiger partial charge in [0.15, 0.2) is 5.58 Å². The number of nitro groups is 1. The highest BCUT2D eigenvalue weighted by atomic mass is 16.6. The molecule has 0 aliphatic heterocycles. The van der Waals surface area contributed by atoms with Gasteiger partial charge in [-0.1, -0.05) is 12.1 Å². The Kier molecular flexibility index (Phi) is 2.52. The maximum absolute atomic E-state index is 10.7. The number of aromatic nitrogens is 1. The molecule has 19 heavy (non-hydrogen) atoms. The lowest BCUT2D eigenvalue weighted by Gasteiger charge is -2.00. The topological polar surface area (TPSA) is 69.2 Å². The third-order valence-corrected chi connectivity index (χ3v) is 2.95. The smallest absolute Gasteiger partial charge is 0.269 e. The van der Waals surface area contributed by atoms with Gasteiger partial charge in [0.2, 0.25) is 5.89 Å². The monoisotopic (exact) mass is 254 g/mol. The molecule has 0 aliphatic rings. The molecule has 5 heteroatoms. The highest BCUT2D eigenvalue weighted by Crippen LogP contribution is 2.28. The van der Waals surface area contributed by atoms with Crippen LogP contribution >= 0.6 is 0 Å². The second-order valence-electron chi connectivity index (χ2n) is 4.24. The van der Waals surface area contributed by atoms with Crippen LogP contribution in [0.25, 0.3) is 22.6 Å². The Morgan fingerprint density at radius 3 is 2.68 bits per heavy atom. The number of aryl methyl sites for hydroxylation is 1. The van der Waals surface area contributed by atoms with Crippen molar-refractivity contribution in [3.05, 3.63) is 58.1 Å². The van der Waals surface area contributed by atoms with Crippen LogP contribution < -0.4 is 0 Å². The number of hydrogen-bond donors (Lipinski definition) is 0. The fourth-order valence-electron chi connectivity index (χ4n) is 1.99. The van der Waals surface area contributed by atoms with Gasteiger partial charge in [-0.2, -0.15) is 0 Å². The number of oxazole rings is 1. The van der Waals surface area contributed by atoms with Gasteiger partial charge in [0.25, 0.3) is 5.69 Å². The summed E-state index contributed by atoms with van der Waals surface area (Å²) in [6, 6.07) is 12.1. The highest BCUT2D eigenvalue weighted by molar-refractivity contribution is 5.76. The lowest BCUT2D eigenvalue weighted by atomic mass is 10.1. The van der Waals surface area contributed by atoms with E-state index < -0.39 is 4.92 Å². The number of hydrogen-bond acceptors (Lipinski definition) is 4. The Morgan fingerprint density at radius 2 is 2.00 bits per heavy atom. The van der Waals surface area contributed by atoms with Crippen LogP contribution in [0.1, 0.15) is 5.56 Å². The first-order valence-electron chi connectivity index (χ1n) is 5.76. The molecule has 0 bridgehead atoms. The third kappa shape index (κ3) is 1.95. The summed E-state index contributed by atoms with van der Waals surface area (Å²) in [5.41, 5.74) is 3.07. The van der Waals surface area contributed by atoms with Crippen molar-refractivity contribution in [2.75, 3.05) is 0 Å². The van der Waals surface area contributed by atoms with E-state index in [-0.39, 0.29) is 5.69 Å². The molecule has 0 atom stereocenters. The molecular weight excluding hydrogens is 244 g/mol. The van der Waals surface area contributed by atoms with Gasteiger partial charge in [-0.3, -0.25) is 10.1 Å². The molecule has 3 rings (SSSR count). The SMILES string of the molecule is Cc1cc([N+](=O)[O-])ccc1-c1nc2ccccc2o1. The van der Waals surface area contributed by atoms with Crippen LogP contribution in [0.3, 0.4) is 0 Å². The first kappa shape index (κ1) is 11.4. The Bertz CT molecular complexity index is 744. The van der Waals surface area contributed by atoms with Crippen molar-refractivity contribution in [1.29, 1.82) is 0 Å². The van der Waals surface area contributed by atoms with Gasteiger partial charge in [0.1, 0.15) is 5.52 Å². The average Bonchev–Trinajstić information content (AvgIpc) is 2.81. The minimum absolute atomic E-state index is 0.0670. The van der Waals surface area contributed by atoms with Crippen molar-refractivity contribution in [3.8, 4) is 11.5 Å². The Hall–Kier alpha value is -2.69. The van der Waals surface area contributed by atoms with E-state index in [0.717, 1.165) is 16.6 Å². The number of nitro benzene ring substituents is 1. The second kappa shape index (κ2) is 4.20. The molecule has 1 aromatic heterocycles. The summed E-state index contributed by atoms with van der Waals surface area (Å²) in [6.07, 6.45) is 0.